The van der Waals surface area contributed by atoms with Gasteiger partial charge in [0.1, 0.15) is 5.82 Å². The molecule has 0 bridgehead atoms. The van der Waals surface area contributed by atoms with Crippen LogP contribution < -0.4 is 5.73 Å². The summed E-state index contributed by atoms with van der Waals surface area (Å²) in [7, 11) is 1.69. The Morgan fingerprint density at radius 2 is 2.15 bits per heavy atom. The Morgan fingerprint density at radius 3 is 2.85 bits per heavy atom. The van der Waals surface area contributed by atoms with E-state index in [2.05, 4.69) is 25.9 Å². The molecule has 0 saturated heterocycles. The van der Waals surface area contributed by atoms with Gasteiger partial charge in [-0.3, -0.25) is 0 Å². The van der Waals surface area contributed by atoms with Crippen molar-refractivity contribution >= 4 is 21.7 Å². The highest BCUT2D eigenvalue weighted by Gasteiger charge is 2.29. The molecule has 1 aliphatic carbocycles. The first kappa shape index (κ1) is 13.5. The zero-order chi connectivity index (χ0) is 14.1. The van der Waals surface area contributed by atoms with Crippen LogP contribution in [0, 0.1) is 0 Å². The number of benzene rings is 1. The van der Waals surface area contributed by atoms with Gasteiger partial charge >= 0.3 is 0 Å². The lowest BCUT2D eigenvalue weighted by atomic mass is 10.1. The van der Waals surface area contributed by atoms with Crippen molar-refractivity contribution in [3.8, 4) is 11.4 Å². The Balaban J connectivity index is 2.03. The molecule has 0 spiro atoms. The fourth-order valence-corrected chi connectivity index (χ4v) is 2.71. The summed E-state index contributed by atoms with van der Waals surface area (Å²) in [5.74, 6) is 1.72. The Labute approximate surface area is 126 Å². The summed E-state index contributed by atoms with van der Waals surface area (Å²) in [5, 5.41) is 0. The largest absolute Gasteiger partial charge is 0.383 e. The summed E-state index contributed by atoms with van der Waals surface area (Å²) in [4.78, 5) is 9.08. The Morgan fingerprint density at radius 1 is 1.35 bits per heavy atom. The Bertz CT molecular complexity index is 641. The molecular weight excluding hydrogens is 318 g/mol. The molecule has 1 saturated carbocycles. The lowest BCUT2D eigenvalue weighted by molar-refractivity contribution is 0.185. The third-order valence-corrected chi connectivity index (χ3v) is 4.18. The van der Waals surface area contributed by atoms with Crippen molar-refractivity contribution in [2.75, 3.05) is 12.8 Å². The van der Waals surface area contributed by atoms with Crippen LogP contribution in [0.3, 0.4) is 0 Å². The molecule has 0 aliphatic heterocycles. The van der Waals surface area contributed by atoms with Gasteiger partial charge in [0.2, 0.25) is 0 Å². The number of halogens is 1. The van der Waals surface area contributed by atoms with Crippen LogP contribution >= 0.6 is 15.9 Å². The third-order valence-electron chi connectivity index (χ3n) is 3.36. The lowest BCUT2D eigenvalue weighted by Crippen LogP contribution is -2.02. The molecule has 3 rings (SSSR count). The second-order valence-electron chi connectivity index (χ2n) is 5.04. The van der Waals surface area contributed by atoms with Crippen molar-refractivity contribution in [2.24, 2.45) is 0 Å². The average Bonchev–Trinajstić information content (AvgIpc) is 3.27. The third kappa shape index (κ3) is 2.69. The molecule has 1 fully saturated rings. The number of methoxy groups -OCH3 is 1. The van der Waals surface area contributed by atoms with Gasteiger partial charge in [-0.05, 0) is 40.4 Å². The van der Waals surface area contributed by atoms with Gasteiger partial charge < -0.3 is 10.5 Å². The molecule has 5 heteroatoms. The van der Waals surface area contributed by atoms with Crippen molar-refractivity contribution in [1.29, 1.82) is 0 Å². The van der Waals surface area contributed by atoms with Gasteiger partial charge in [0, 0.05) is 18.6 Å². The number of aromatic nitrogens is 2. The standard InChI is InChI=1S/C15H16BrN3O/c1-20-8-9-3-2-4-11(7-9)15-18-13(10-5-6-10)12(16)14(17)19-15/h2-4,7,10H,5-6,8H2,1H3,(H2,17,18,19). The second kappa shape index (κ2) is 5.50. The van der Waals surface area contributed by atoms with Crippen molar-refractivity contribution in [2.45, 2.75) is 25.4 Å². The summed E-state index contributed by atoms with van der Waals surface area (Å²) >= 11 is 3.50. The van der Waals surface area contributed by atoms with Crippen LogP contribution in [-0.4, -0.2) is 17.1 Å². The Kier molecular flexibility index (Phi) is 3.72. The molecule has 104 valence electrons. The second-order valence-corrected chi connectivity index (χ2v) is 5.83. The fourth-order valence-electron chi connectivity index (χ4n) is 2.21. The number of hydrogen-bond donors (Lipinski definition) is 1. The first-order chi connectivity index (χ1) is 9.69. The average molecular weight is 334 g/mol. The molecule has 1 aromatic heterocycles. The van der Waals surface area contributed by atoms with E-state index in [-0.39, 0.29) is 0 Å². The van der Waals surface area contributed by atoms with Gasteiger partial charge in [0.15, 0.2) is 5.82 Å². The van der Waals surface area contributed by atoms with Crippen molar-refractivity contribution in [3.05, 3.63) is 40.0 Å². The minimum Gasteiger partial charge on any atom is -0.383 e. The number of nitrogens with zero attached hydrogens (tertiary/aromatic N) is 2. The highest BCUT2D eigenvalue weighted by atomic mass is 79.9. The first-order valence-electron chi connectivity index (χ1n) is 6.60. The SMILES string of the molecule is COCc1cccc(-c2nc(N)c(Br)c(C3CC3)n2)c1. The number of anilines is 1. The van der Waals surface area contributed by atoms with E-state index in [4.69, 9.17) is 10.5 Å². The normalized spacial score (nSPS) is 14.5. The molecule has 0 amide bonds. The molecule has 1 heterocycles. The van der Waals surface area contributed by atoms with E-state index in [0.717, 1.165) is 21.3 Å². The van der Waals surface area contributed by atoms with Crippen molar-refractivity contribution in [3.63, 3.8) is 0 Å². The minimum absolute atomic E-state index is 0.508. The number of rotatable bonds is 4. The molecule has 0 radical (unpaired) electrons. The zero-order valence-corrected chi connectivity index (χ0v) is 12.9. The van der Waals surface area contributed by atoms with Gasteiger partial charge in [0.05, 0.1) is 16.8 Å². The summed E-state index contributed by atoms with van der Waals surface area (Å²) < 4.78 is 6.00. The molecule has 4 nitrogen and oxygen atoms in total. The van der Waals surface area contributed by atoms with Crippen LogP contribution in [0.1, 0.15) is 30.0 Å². The van der Waals surface area contributed by atoms with Crippen molar-refractivity contribution < 1.29 is 4.74 Å². The maximum absolute atomic E-state index is 6.00. The molecule has 0 unspecified atom stereocenters. The number of hydrogen-bond acceptors (Lipinski definition) is 4. The molecule has 1 aromatic carbocycles. The highest BCUT2D eigenvalue weighted by molar-refractivity contribution is 9.10. The van der Waals surface area contributed by atoms with E-state index < -0.39 is 0 Å². The van der Waals surface area contributed by atoms with E-state index in [1.807, 2.05) is 24.3 Å². The molecule has 20 heavy (non-hydrogen) atoms. The summed E-state index contributed by atoms with van der Waals surface area (Å²) in [5.41, 5.74) is 9.10. The van der Waals surface area contributed by atoms with Crippen LogP contribution in [0.5, 0.6) is 0 Å². The molecule has 2 N–H and O–H groups in total. The first-order valence-corrected chi connectivity index (χ1v) is 7.39. The zero-order valence-electron chi connectivity index (χ0n) is 11.3. The summed E-state index contributed by atoms with van der Waals surface area (Å²) in [6, 6.07) is 8.06. The molecule has 1 aliphatic rings. The molecule has 2 aromatic rings. The van der Waals surface area contributed by atoms with Crippen LogP contribution in [0.4, 0.5) is 5.82 Å². The van der Waals surface area contributed by atoms with Gasteiger partial charge in [-0.25, -0.2) is 9.97 Å². The van der Waals surface area contributed by atoms with E-state index in [1.54, 1.807) is 7.11 Å². The predicted octanol–water partition coefficient (Wildman–Crippen LogP) is 3.51. The summed E-state index contributed by atoms with van der Waals surface area (Å²) in [6.45, 7) is 0.579. The van der Waals surface area contributed by atoms with E-state index in [9.17, 15) is 0 Å². The molecule has 0 atom stereocenters. The van der Waals surface area contributed by atoms with Gasteiger partial charge in [-0.2, -0.15) is 0 Å². The van der Waals surface area contributed by atoms with Crippen LogP contribution in [-0.2, 0) is 11.3 Å². The number of nitrogen functional groups attached to an aromatic ring is 1. The fraction of sp³-hybridized carbons (Fsp3) is 0.333. The lowest BCUT2D eigenvalue weighted by Gasteiger charge is -2.09. The smallest absolute Gasteiger partial charge is 0.161 e. The van der Waals surface area contributed by atoms with E-state index in [1.165, 1.54) is 12.8 Å². The summed E-state index contributed by atoms with van der Waals surface area (Å²) in [6.07, 6.45) is 2.36. The predicted molar refractivity (Wildman–Crippen MR) is 82.3 cm³/mol. The quantitative estimate of drug-likeness (QED) is 0.929. The monoisotopic (exact) mass is 333 g/mol. The van der Waals surface area contributed by atoms with Gasteiger partial charge in [-0.1, -0.05) is 18.2 Å². The van der Waals surface area contributed by atoms with Gasteiger partial charge in [0.25, 0.3) is 0 Å². The van der Waals surface area contributed by atoms with Gasteiger partial charge in [-0.15, -0.1) is 0 Å². The van der Waals surface area contributed by atoms with Crippen LogP contribution in [0.15, 0.2) is 28.7 Å². The van der Waals surface area contributed by atoms with E-state index >= 15 is 0 Å². The van der Waals surface area contributed by atoms with E-state index in [0.29, 0.717) is 24.2 Å². The highest BCUT2D eigenvalue weighted by Crippen LogP contribution is 2.43. The van der Waals surface area contributed by atoms with Crippen molar-refractivity contribution in [1.82, 2.24) is 9.97 Å². The maximum Gasteiger partial charge on any atom is 0.161 e. The minimum atomic E-state index is 0.508. The van der Waals surface area contributed by atoms with Crippen LogP contribution in [0.25, 0.3) is 11.4 Å². The maximum atomic E-state index is 6.00. The topological polar surface area (TPSA) is 61.0 Å². The Hall–Kier alpha value is -1.46. The number of ether oxygens (including phenoxy) is 1. The van der Waals surface area contributed by atoms with Crippen LogP contribution in [0.2, 0.25) is 0 Å². The number of nitrogens with two attached hydrogens (primary N) is 1. The molecular formula is C15H16BrN3O.